The van der Waals surface area contributed by atoms with Crippen molar-refractivity contribution in [1.29, 1.82) is 0 Å². The van der Waals surface area contributed by atoms with Crippen molar-refractivity contribution < 1.29 is 19.8 Å². The maximum atomic E-state index is 13.1. The molecule has 0 fully saturated rings. The van der Waals surface area contributed by atoms with Crippen LogP contribution in [0, 0.1) is 5.92 Å². The molecule has 7 nitrogen and oxygen atoms in total. The zero-order valence-electron chi connectivity index (χ0n) is 22.2. The van der Waals surface area contributed by atoms with Gasteiger partial charge in [0.05, 0.1) is 18.2 Å². The number of imidazole rings is 1. The van der Waals surface area contributed by atoms with Crippen molar-refractivity contribution in [3.05, 3.63) is 88.0 Å². The number of aryl methyl sites for hydroxylation is 1. The summed E-state index contributed by atoms with van der Waals surface area (Å²) in [5, 5.41) is 22.9. The number of rotatable bonds is 15. The van der Waals surface area contributed by atoms with Crippen LogP contribution in [0.2, 0.25) is 5.15 Å². The van der Waals surface area contributed by atoms with E-state index in [2.05, 4.69) is 17.2 Å². The monoisotopic (exact) mass is 539 g/mol. The number of carboxylic acids is 1. The maximum absolute atomic E-state index is 13.1. The molecule has 38 heavy (non-hydrogen) atoms. The number of aliphatic carboxylic acids is 1. The standard InChI is InChI=1S/C30H38ClN3O4/c1-3-5-12-27-33-28(31)26(20-35)34(27)19-22-15-13-21(14-16-22)18-32-29(36)24(9-4-2)17-25(30(37)38)23-10-7-6-8-11-23/h6-8,10-11,13-16,24-25,35H,3-5,9,12,17-20H2,1-2H3,(H,32,36)(H,37,38)/t24-,25-/m0/s1. The van der Waals surface area contributed by atoms with Crippen molar-refractivity contribution in [2.24, 2.45) is 5.92 Å². The van der Waals surface area contributed by atoms with Gasteiger partial charge < -0.3 is 20.1 Å². The number of aromatic nitrogens is 2. The van der Waals surface area contributed by atoms with E-state index in [0.29, 0.717) is 35.9 Å². The van der Waals surface area contributed by atoms with Gasteiger partial charge in [-0.2, -0.15) is 0 Å². The van der Waals surface area contributed by atoms with Gasteiger partial charge in [-0.15, -0.1) is 0 Å². The molecule has 3 N–H and O–H groups in total. The molecule has 2 aromatic carbocycles. The fourth-order valence-corrected chi connectivity index (χ4v) is 4.96. The number of aliphatic hydroxyl groups excluding tert-OH is 1. The van der Waals surface area contributed by atoms with Gasteiger partial charge in [0.1, 0.15) is 5.82 Å². The average Bonchev–Trinajstić information content (AvgIpc) is 3.22. The van der Waals surface area contributed by atoms with Crippen LogP contribution in [0.15, 0.2) is 54.6 Å². The summed E-state index contributed by atoms with van der Waals surface area (Å²) in [6, 6.07) is 17.0. The summed E-state index contributed by atoms with van der Waals surface area (Å²) < 4.78 is 1.98. The summed E-state index contributed by atoms with van der Waals surface area (Å²) in [5.74, 6) is -1.28. The number of benzene rings is 2. The summed E-state index contributed by atoms with van der Waals surface area (Å²) in [7, 11) is 0. The quantitative estimate of drug-likeness (QED) is 0.229. The largest absolute Gasteiger partial charge is 0.481 e. The Bertz CT molecular complexity index is 1180. The Kier molecular flexibility index (Phi) is 11.4. The van der Waals surface area contributed by atoms with E-state index in [9.17, 15) is 19.8 Å². The fraction of sp³-hybridized carbons (Fsp3) is 0.433. The first-order valence-corrected chi connectivity index (χ1v) is 13.7. The van der Waals surface area contributed by atoms with Crippen molar-refractivity contribution in [2.45, 2.75) is 78.0 Å². The minimum Gasteiger partial charge on any atom is -0.481 e. The first-order valence-electron chi connectivity index (χ1n) is 13.4. The van der Waals surface area contributed by atoms with Crippen LogP contribution >= 0.6 is 11.6 Å². The van der Waals surface area contributed by atoms with Crippen LogP contribution in [0.25, 0.3) is 0 Å². The summed E-state index contributed by atoms with van der Waals surface area (Å²) >= 11 is 6.26. The van der Waals surface area contributed by atoms with Gasteiger partial charge in [-0.3, -0.25) is 9.59 Å². The van der Waals surface area contributed by atoms with Gasteiger partial charge in [-0.05, 0) is 36.0 Å². The van der Waals surface area contributed by atoms with Gasteiger partial charge >= 0.3 is 5.97 Å². The Morgan fingerprint density at radius 3 is 2.32 bits per heavy atom. The number of nitrogens with zero attached hydrogens (tertiary/aromatic N) is 2. The number of carbonyl (C=O) groups excluding carboxylic acids is 1. The Morgan fingerprint density at radius 2 is 1.71 bits per heavy atom. The molecule has 0 radical (unpaired) electrons. The molecule has 1 heterocycles. The molecular weight excluding hydrogens is 502 g/mol. The molecule has 1 aromatic heterocycles. The van der Waals surface area contributed by atoms with Gasteiger partial charge in [-0.1, -0.05) is 92.9 Å². The van der Waals surface area contributed by atoms with Crippen LogP contribution in [0.3, 0.4) is 0 Å². The summed E-state index contributed by atoms with van der Waals surface area (Å²) in [4.78, 5) is 29.5. The highest BCUT2D eigenvalue weighted by atomic mass is 35.5. The topological polar surface area (TPSA) is 104 Å². The van der Waals surface area contributed by atoms with Gasteiger partial charge in [0, 0.05) is 25.4 Å². The maximum Gasteiger partial charge on any atom is 0.310 e. The van der Waals surface area contributed by atoms with Gasteiger partial charge in [-0.25, -0.2) is 4.98 Å². The number of carboxylic acid groups (broad SMARTS) is 1. The molecule has 0 unspecified atom stereocenters. The third-order valence-corrected chi connectivity index (χ3v) is 7.17. The number of halogens is 1. The highest BCUT2D eigenvalue weighted by Gasteiger charge is 2.28. The highest BCUT2D eigenvalue weighted by Crippen LogP contribution is 2.27. The van der Waals surface area contributed by atoms with Crippen LogP contribution < -0.4 is 5.32 Å². The normalized spacial score (nSPS) is 12.7. The van der Waals surface area contributed by atoms with Crippen molar-refractivity contribution >= 4 is 23.5 Å². The molecule has 0 bridgehead atoms. The van der Waals surface area contributed by atoms with Crippen molar-refractivity contribution in [2.75, 3.05) is 0 Å². The second-order valence-electron chi connectivity index (χ2n) is 9.67. The molecule has 3 aromatic rings. The average molecular weight is 540 g/mol. The molecule has 0 aliphatic heterocycles. The highest BCUT2D eigenvalue weighted by molar-refractivity contribution is 6.30. The lowest BCUT2D eigenvalue weighted by Crippen LogP contribution is -2.32. The van der Waals surface area contributed by atoms with Gasteiger partial charge in [0.2, 0.25) is 5.91 Å². The van der Waals surface area contributed by atoms with Crippen LogP contribution in [0.4, 0.5) is 0 Å². The zero-order chi connectivity index (χ0) is 27.5. The third kappa shape index (κ3) is 7.92. The molecule has 204 valence electrons. The molecule has 8 heteroatoms. The smallest absolute Gasteiger partial charge is 0.310 e. The molecule has 0 aliphatic carbocycles. The molecule has 0 saturated heterocycles. The number of amides is 1. The molecule has 0 spiro atoms. The predicted molar refractivity (Wildman–Crippen MR) is 149 cm³/mol. The molecular formula is C30H38ClN3O4. The van der Waals surface area contributed by atoms with Crippen LogP contribution in [0.1, 0.15) is 80.1 Å². The molecule has 0 aliphatic rings. The van der Waals surface area contributed by atoms with E-state index in [-0.39, 0.29) is 24.9 Å². The predicted octanol–water partition coefficient (Wildman–Crippen LogP) is 5.71. The molecule has 0 saturated carbocycles. The molecule has 2 atom stereocenters. The van der Waals surface area contributed by atoms with E-state index >= 15 is 0 Å². The minimum absolute atomic E-state index is 0.126. The number of nitrogens with one attached hydrogen (secondary N) is 1. The van der Waals surface area contributed by atoms with E-state index in [1.165, 1.54) is 0 Å². The summed E-state index contributed by atoms with van der Waals surface area (Å²) in [6.45, 7) is 4.87. The number of carbonyl (C=O) groups is 2. The summed E-state index contributed by atoms with van der Waals surface area (Å²) in [6.07, 6.45) is 4.52. The lowest BCUT2D eigenvalue weighted by Gasteiger charge is -2.21. The van der Waals surface area contributed by atoms with Gasteiger partial charge in [0.25, 0.3) is 0 Å². The van der Waals surface area contributed by atoms with Crippen LogP contribution in [-0.4, -0.2) is 31.6 Å². The minimum atomic E-state index is -0.915. The van der Waals surface area contributed by atoms with Crippen LogP contribution in [0.5, 0.6) is 0 Å². The van der Waals surface area contributed by atoms with E-state index in [4.69, 9.17) is 11.6 Å². The van der Waals surface area contributed by atoms with Crippen molar-refractivity contribution in [1.82, 2.24) is 14.9 Å². The third-order valence-electron chi connectivity index (χ3n) is 6.87. The Balaban J connectivity index is 1.64. The summed E-state index contributed by atoms with van der Waals surface area (Å²) in [5.41, 5.74) is 3.32. The Hall–Kier alpha value is -3.16. The molecule has 3 rings (SSSR count). The van der Waals surface area contributed by atoms with E-state index in [1.54, 1.807) is 12.1 Å². The van der Waals surface area contributed by atoms with Crippen molar-refractivity contribution in [3.8, 4) is 0 Å². The molecule has 1 amide bonds. The first kappa shape index (κ1) is 29.4. The Morgan fingerprint density at radius 1 is 1.03 bits per heavy atom. The number of hydrogen-bond donors (Lipinski definition) is 3. The zero-order valence-corrected chi connectivity index (χ0v) is 23.0. The van der Waals surface area contributed by atoms with Gasteiger partial charge in [0.15, 0.2) is 5.15 Å². The number of aliphatic hydroxyl groups is 1. The number of hydrogen-bond acceptors (Lipinski definition) is 4. The van der Waals surface area contributed by atoms with Crippen molar-refractivity contribution in [3.63, 3.8) is 0 Å². The second kappa shape index (κ2) is 14.7. The number of unbranched alkanes of at least 4 members (excludes halogenated alkanes) is 1. The van der Waals surface area contributed by atoms with Crippen LogP contribution in [-0.2, 0) is 35.7 Å². The SMILES string of the molecule is CCCCc1nc(Cl)c(CO)n1Cc1ccc(CNC(=O)[C@@H](CCC)C[C@H](C(=O)O)c2ccccc2)cc1. The fourth-order valence-electron chi connectivity index (χ4n) is 4.70. The Labute approximate surface area is 229 Å². The lowest BCUT2D eigenvalue weighted by molar-refractivity contribution is -0.139. The van der Waals surface area contributed by atoms with E-state index in [0.717, 1.165) is 42.6 Å². The van der Waals surface area contributed by atoms with E-state index in [1.807, 2.05) is 54.0 Å². The van der Waals surface area contributed by atoms with E-state index < -0.39 is 11.9 Å². The first-order chi connectivity index (χ1) is 18.4. The lowest BCUT2D eigenvalue weighted by atomic mass is 9.86. The second-order valence-corrected chi connectivity index (χ2v) is 10.0.